The SMILES string of the molecule is CC(C[N+](C)(C)C)P(=O)(O)O.CCCCCCCCCCCCC/C=C\CCCCCCCCCOC[C@@H](O)COC. The summed E-state index contributed by atoms with van der Waals surface area (Å²) in [6.45, 7) is 5.85. The first-order valence-corrected chi connectivity index (χ1v) is 18.9. The van der Waals surface area contributed by atoms with Crippen molar-refractivity contribution in [1.29, 1.82) is 0 Å². The van der Waals surface area contributed by atoms with Crippen molar-refractivity contribution < 1.29 is 33.4 Å². The van der Waals surface area contributed by atoms with Gasteiger partial charge in [-0.25, -0.2) is 0 Å². The number of methoxy groups -OCH3 is 1. The minimum absolute atomic E-state index is 0.356. The van der Waals surface area contributed by atoms with Crippen molar-refractivity contribution in [3.63, 3.8) is 0 Å². The molecule has 0 fully saturated rings. The first-order chi connectivity index (χ1) is 19.9. The summed E-state index contributed by atoms with van der Waals surface area (Å²) in [5.74, 6) is 0. The highest BCUT2D eigenvalue weighted by atomic mass is 31.2. The molecule has 0 aromatic heterocycles. The number of unbranched alkanes of at least 4 members (excludes halogenated alkanes) is 18. The van der Waals surface area contributed by atoms with E-state index in [1.807, 2.05) is 21.1 Å². The third kappa shape index (κ3) is 37.8. The summed E-state index contributed by atoms with van der Waals surface area (Å²) >= 11 is 0. The second-order valence-electron chi connectivity index (χ2n) is 13.2. The van der Waals surface area contributed by atoms with Crippen LogP contribution < -0.4 is 0 Å². The predicted molar refractivity (Wildman–Crippen MR) is 180 cm³/mol. The van der Waals surface area contributed by atoms with Gasteiger partial charge in [-0.05, 0) is 39.0 Å². The Hall–Kier alpha value is -0.270. The lowest BCUT2D eigenvalue weighted by atomic mass is 10.0. The van der Waals surface area contributed by atoms with E-state index in [1.165, 1.54) is 122 Å². The lowest BCUT2D eigenvalue weighted by Gasteiger charge is -2.27. The summed E-state index contributed by atoms with van der Waals surface area (Å²) in [5, 5.41) is 9.47. The monoisotopic (exact) mass is 623 g/mol. The number of aliphatic hydroxyl groups is 1. The molecule has 0 spiro atoms. The molecule has 0 aliphatic carbocycles. The Balaban J connectivity index is 0. The van der Waals surface area contributed by atoms with Gasteiger partial charge >= 0.3 is 7.60 Å². The smallest absolute Gasteiger partial charge is 0.333 e. The second-order valence-corrected chi connectivity index (χ2v) is 15.2. The number of hydrogen-bond acceptors (Lipinski definition) is 4. The Bertz CT molecular complexity index is 620. The second kappa shape index (κ2) is 30.7. The van der Waals surface area contributed by atoms with Gasteiger partial charge in [0, 0.05) is 13.7 Å². The van der Waals surface area contributed by atoms with Crippen molar-refractivity contribution in [2.75, 3.05) is 54.6 Å². The third-order valence-corrected chi connectivity index (χ3v) is 8.67. The van der Waals surface area contributed by atoms with E-state index in [2.05, 4.69) is 19.1 Å². The van der Waals surface area contributed by atoms with Crippen LogP contribution in [0.5, 0.6) is 0 Å². The van der Waals surface area contributed by atoms with E-state index in [0.29, 0.717) is 24.2 Å². The molecule has 2 atom stereocenters. The molecule has 0 aliphatic heterocycles. The molecule has 3 N–H and O–H groups in total. The van der Waals surface area contributed by atoms with E-state index in [0.717, 1.165) is 13.0 Å². The van der Waals surface area contributed by atoms with E-state index in [1.54, 1.807) is 14.0 Å². The number of aliphatic hydroxyl groups excluding tert-OH is 1. The standard InChI is InChI=1S/C28H56O3.C6H16NO3P/c1-3-4-5-6-7-8-9-10-11-12-13-14-15-16-17-18-19-20-21-22-23-24-25-31-27-28(29)26-30-2;1-6(11(8,9)10)5-7(2,3)4/h15-16,28-29H,3-14,17-27H2,1-2H3;6H,5H2,1-4H3,(H-,8,9,10)/p+1/b16-15-;/t28-;/m0./s1. The van der Waals surface area contributed by atoms with Crippen molar-refractivity contribution in [2.24, 2.45) is 0 Å². The quantitative estimate of drug-likeness (QED) is 0.0334. The fourth-order valence-electron chi connectivity index (χ4n) is 4.87. The summed E-state index contributed by atoms with van der Waals surface area (Å²) in [5.41, 5.74) is -0.553. The van der Waals surface area contributed by atoms with Gasteiger partial charge in [0.05, 0.1) is 40.9 Å². The molecule has 1 unspecified atom stereocenters. The van der Waals surface area contributed by atoms with Gasteiger partial charge in [0.25, 0.3) is 0 Å². The van der Waals surface area contributed by atoms with Crippen molar-refractivity contribution in [1.82, 2.24) is 0 Å². The summed E-state index contributed by atoms with van der Waals surface area (Å²) in [4.78, 5) is 17.5. The summed E-state index contributed by atoms with van der Waals surface area (Å²) in [7, 11) is 3.45. The lowest BCUT2D eigenvalue weighted by Crippen LogP contribution is -2.40. The molecule has 0 bridgehead atoms. The molecule has 8 heteroatoms. The molecule has 7 nitrogen and oxygen atoms in total. The molecule has 0 aromatic carbocycles. The molecule has 0 rings (SSSR count). The van der Waals surface area contributed by atoms with Crippen LogP contribution in [0.3, 0.4) is 0 Å². The van der Waals surface area contributed by atoms with E-state index in [9.17, 15) is 9.67 Å². The van der Waals surface area contributed by atoms with Crippen LogP contribution in [-0.4, -0.2) is 85.8 Å². The van der Waals surface area contributed by atoms with Crippen LogP contribution >= 0.6 is 7.60 Å². The molecule has 0 aromatic rings. The van der Waals surface area contributed by atoms with Gasteiger partial charge < -0.3 is 28.9 Å². The molecule has 0 aliphatic rings. The predicted octanol–water partition coefficient (Wildman–Crippen LogP) is 8.65. The molecule has 0 radical (unpaired) electrons. The fraction of sp³-hybridized carbons (Fsp3) is 0.941. The average Bonchev–Trinajstić information content (AvgIpc) is 2.90. The maximum atomic E-state index is 10.7. The molecule has 254 valence electrons. The first kappa shape index (κ1) is 43.9. The van der Waals surface area contributed by atoms with Crippen LogP contribution in [0, 0.1) is 0 Å². The topological polar surface area (TPSA) is 96.2 Å². The first-order valence-electron chi connectivity index (χ1n) is 17.2. The van der Waals surface area contributed by atoms with Gasteiger partial charge in [-0.3, -0.25) is 4.57 Å². The Morgan fingerprint density at radius 1 is 0.690 bits per heavy atom. The number of allylic oxidation sites excluding steroid dienone is 2. The van der Waals surface area contributed by atoms with E-state index in [-0.39, 0.29) is 0 Å². The van der Waals surface area contributed by atoms with Gasteiger partial charge in [-0.2, -0.15) is 0 Å². The van der Waals surface area contributed by atoms with Crippen molar-refractivity contribution in [3.05, 3.63) is 12.2 Å². The number of rotatable bonds is 29. The molecular formula is C34H73NO6P+. The zero-order chi connectivity index (χ0) is 32.0. The number of quaternary nitrogens is 1. The molecular weight excluding hydrogens is 549 g/mol. The Morgan fingerprint density at radius 2 is 1.10 bits per heavy atom. The highest BCUT2D eigenvalue weighted by molar-refractivity contribution is 7.52. The Labute approximate surface area is 261 Å². The zero-order valence-electron chi connectivity index (χ0n) is 28.7. The van der Waals surface area contributed by atoms with Crippen molar-refractivity contribution >= 4 is 7.60 Å². The van der Waals surface area contributed by atoms with E-state index in [4.69, 9.17) is 19.3 Å². The van der Waals surface area contributed by atoms with Crippen molar-refractivity contribution in [2.45, 2.75) is 154 Å². The fourth-order valence-corrected chi connectivity index (χ4v) is 5.57. The highest BCUT2D eigenvalue weighted by Crippen LogP contribution is 2.41. The van der Waals surface area contributed by atoms with Crippen LogP contribution in [0.1, 0.15) is 142 Å². The maximum absolute atomic E-state index is 10.7. The van der Waals surface area contributed by atoms with E-state index < -0.39 is 19.4 Å². The van der Waals surface area contributed by atoms with Gasteiger partial charge in [0.2, 0.25) is 0 Å². The molecule has 0 amide bonds. The van der Waals surface area contributed by atoms with Gasteiger partial charge in [0.1, 0.15) is 11.8 Å². The largest absolute Gasteiger partial charge is 0.388 e. The van der Waals surface area contributed by atoms with Gasteiger partial charge in [-0.1, -0.05) is 115 Å². The summed E-state index contributed by atoms with van der Waals surface area (Å²) < 4.78 is 21.6. The average molecular weight is 623 g/mol. The number of ether oxygens (including phenoxy) is 2. The van der Waals surface area contributed by atoms with Crippen LogP contribution in [-0.2, 0) is 14.0 Å². The maximum Gasteiger partial charge on any atom is 0.333 e. The summed E-state index contributed by atoms with van der Waals surface area (Å²) in [6, 6.07) is 0. The number of nitrogens with zero attached hydrogens (tertiary/aromatic N) is 1. The van der Waals surface area contributed by atoms with E-state index >= 15 is 0 Å². The van der Waals surface area contributed by atoms with Crippen LogP contribution in [0.4, 0.5) is 0 Å². The molecule has 0 heterocycles. The van der Waals surface area contributed by atoms with Crippen LogP contribution in [0.15, 0.2) is 12.2 Å². The lowest BCUT2D eigenvalue weighted by molar-refractivity contribution is -0.869. The van der Waals surface area contributed by atoms with Crippen LogP contribution in [0.25, 0.3) is 0 Å². The minimum atomic E-state index is -3.87. The minimum Gasteiger partial charge on any atom is -0.388 e. The number of hydrogen-bond donors (Lipinski definition) is 3. The molecule has 42 heavy (non-hydrogen) atoms. The molecule has 0 saturated heterocycles. The Morgan fingerprint density at radius 3 is 1.45 bits per heavy atom. The van der Waals surface area contributed by atoms with Gasteiger partial charge in [0.15, 0.2) is 0 Å². The normalized spacial score (nSPS) is 13.7. The summed E-state index contributed by atoms with van der Waals surface area (Å²) in [6.07, 6.45) is 31.6. The highest BCUT2D eigenvalue weighted by Gasteiger charge is 2.28. The molecule has 0 saturated carbocycles. The van der Waals surface area contributed by atoms with Crippen molar-refractivity contribution in [3.8, 4) is 0 Å². The van der Waals surface area contributed by atoms with Crippen LogP contribution in [0.2, 0.25) is 0 Å². The Kier molecular flexibility index (Phi) is 32.1. The zero-order valence-corrected chi connectivity index (χ0v) is 29.6. The van der Waals surface area contributed by atoms with Gasteiger partial charge in [-0.15, -0.1) is 0 Å². The third-order valence-electron chi connectivity index (χ3n) is 7.36.